The smallest absolute Gasteiger partial charge is 0.352 e. The first-order valence-corrected chi connectivity index (χ1v) is 5.33. The Morgan fingerprint density at radius 3 is 2.41 bits per heavy atom. The van der Waals surface area contributed by atoms with E-state index in [4.69, 9.17) is 10.2 Å². The first-order chi connectivity index (χ1) is 8.24. The quantitative estimate of drug-likeness (QED) is 0.844. The number of nitrogens with zero attached hydrogens (tertiary/aromatic N) is 1. The number of carboxylic acid groups (broad SMARTS) is 1. The van der Waals surface area contributed by atoms with Crippen LogP contribution in [0.2, 0.25) is 0 Å². The zero-order valence-electron chi connectivity index (χ0n) is 9.21. The van der Waals surface area contributed by atoms with Crippen LogP contribution in [0.3, 0.4) is 0 Å². The van der Waals surface area contributed by atoms with Gasteiger partial charge in [0.25, 0.3) is 0 Å². The highest BCUT2D eigenvalue weighted by atomic mass is 16.4. The van der Waals surface area contributed by atoms with Crippen molar-refractivity contribution in [3.05, 3.63) is 48.2 Å². The minimum absolute atomic E-state index is 0.0885. The van der Waals surface area contributed by atoms with Crippen LogP contribution in [0.25, 0.3) is 11.3 Å². The van der Waals surface area contributed by atoms with Gasteiger partial charge in [0.15, 0.2) is 0 Å². The van der Waals surface area contributed by atoms with Crippen LogP contribution in [0.1, 0.15) is 10.5 Å². The summed E-state index contributed by atoms with van der Waals surface area (Å²) in [5.41, 5.74) is 1.93. The lowest BCUT2D eigenvalue weighted by Gasteiger charge is -2.09. The summed E-state index contributed by atoms with van der Waals surface area (Å²) in [4.78, 5) is 11.0. The summed E-state index contributed by atoms with van der Waals surface area (Å²) >= 11 is 0. The van der Waals surface area contributed by atoms with Gasteiger partial charge >= 0.3 is 5.97 Å². The lowest BCUT2D eigenvalue weighted by molar-refractivity contribution is 0.0684. The highest BCUT2D eigenvalue weighted by Crippen LogP contribution is 2.22. The van der Waals surface area contributed by atoms with Crippen LogP contribution in [0.4, 0.5) is 0 Å². The van der Waals surface area contributed by atoms with Crippen molar-refractivity contribution < 1.29 is 15.0 Å². The average molecular weight is 231 g/mol. The zero-order chi connectivity index (χ0) is 12.3. The molecule has 0 amide bonds. The predicted molar refractivity (Wildman–Crippen MR) is 63.9 cm³/mol. The van der Waals surface area contributed by atoms with Crippen molar-refractivity contribution in [1.82, 2.24) is 4.57 Å². The molecule has 1 heterocycles. The van der Waals surface area contributed by atoms with E-state index in [1.165, 1.54) is 0 Å². The fraction of sp³-hybridized carbons (Fsp3) is 0.154. The maximum Gasteiger partial charge on any atom is 0.352 e. The van der Waals surface area contributed by atoms with E-state index in [1.54, 1.807) is 16.7 Å². The standard InChI is InChI=1S/C13H13NO3/c15-9-8-14-11(6-7-12(14)13(16)17)10-4-2-1-3-5-10/h1-7,15H,8-9H2,(H,16,17). The third-order valence-electron chi connectivity index (χ3n) is 2.59. The molecular formula is C13H13NO3. The van der Waals surface area contributed by atoms with Crippen LogP contribution in [-0.4, -0.2) is 27.4 Å². The second-order valence-electron chi connectivity index (χ2n) is 3.65. The Bertz CT molecular complexity index is 517. The molecule has 0 aliphatic rings. The van der Waals surface area contributed by atoms with Crippen LogP contribution in [0.15, 0.2) is 42.5 Å². The number of carboxylic acids is 1. The zero-order valence-corrected chi connectivity index (χ0v) is 9.21. The monoisotopic (exact) mass is 231 g/mol. The van der Waals surface area contributed by atoms with Crippen LogP contribution in [-0.2, 0) is 6.54 Å². The van der Waals surface area contributed by atoms with E-state index in [0.29, 0.717) is 0 Å². The van der Waals surface area contributed by atoms with Crippen molar-refractivity contribution in [2.45, 2.75) is 6.54 Å². The van der Waals surface area contributed by atoms with E-state index in [2.05, 4.69) is 0 Å². The summed E-state index contributed by atoms with van der Waals surface area (Å²) in [5, 5.41) is 18.1. The molecule has 0 aliphatic carbocycles. The number of benzene rings is 1. The van der Waals surface area contributed by atoms with E-state index in [0.717, 1.165) is 11.3 Å². The van der Waals surface area contributed by atoms with Gasteiger partial charge in [-0.15, -0.1) is 0 Å². The number of rotatable bonds is 4. The Hall–Kier alpha value is -2.07. The molecule has 0 aliphatic heterocycles. The van der Waals surface area contributed by atoms with Gasteiger partial charge in [-0.1, -0.05) is 30.3 Å². The molecule has 2 rings (SSSR count). The van der Waals surface area contributed by atoms with Crippen molar-refractivity contribution in [1.29, 1.82) is 0 Å². The van der Waals surface area contributed by atoms with Gasteiger partial charge < -0.3 is 14.8 Å². The van der Waals surface area contributed by atoms with Gasteiger partial charge in [0.05, 0.1) is 6.61 Å². The van der Waals surface area contributed by atoms with E-state index in [9.17, 15) is 4.79 Å². The minimum Gasteiger partial charge on any atom is -0.477 e. The van der Waals surface area contributed by atoms with Crippen molar-refractivity contribution >= 4 is 5.97 Å². The molecule has 0 bridgehead atoms. The molecule has 0 spiro atoms. The first kappa shape index (κ1) is 11.4. The molecule has 0 saturated heterocycles. The normalized spacial score (nSPS) is 10.4. The van der Waals surface area contributed by atoms with E-state index < -0.39 is 5.97 Å². The molecule has 0 atom stereocenters. The number of hydrogen-bond donors (Lipinski definition) is 2. The number of hydrogen-bond acceptors (Lipinski definition) is 2. The fourth-order valence-electron chi connectivity index (χ4n) is 1.86. The molecule has 1 aromatic carbocycles. The highest BCUT2D eigenvalue weighted by molar-refractivity contribution is 5.87. The lowest BCUT2D eigenvalue weighted by atomic mass is 10.1. The number of aromatic carboxylic acids is 1. The van der Waals surface area contributed by atoms with Crippen LogP contribution in [0, 0.1) is 0 Å². The lowest BCUT2D eigenvalue weighted by Crippen LogP contribution is -2.11. The maximum absolute atomic E-state index is 11.0. The molecule has 1 aromatic heterocycles. The summed E-state index contributed by atoms with van der Waals surface area (Å²) in [6.07, 6.45) is 0. The predicted octanol–water partition coefficient (Wildman–Crippen LogP) is 1.85. The number of aromatic nitrogens is 1. The van der Waals surface area contributed by atoms with Crippen LogP contribution >= 0.6 is 0 Å². The minimum atomic E-state index is -0.986. The van der Waals surface area contributed by atoms with E-state index >= 15 is 0 Å². The molecule has 88 valence electrons. The molecular weight excluding hydrogens is 218 g/mol. The third-order valence-corrected chi connectivity index (χ3v) is 2.59. The average Bonchev–Trinajstić information content (AvgIpc) is 2.75. The Morgan fingerprint density at radius 2 is 1.82 bits per heavy atom. The molecule has 17 heavy (non-hydrogen) atoms. The van der Waals surface area contributed by atoms with Crippen molar-refractivity contribution in [3.63, 3.8) is 0 Å². The largest absolute Gasteiger partial charge is 0.477 e. The van der Waals surface area contributed by atoms with Gasteiger partial charge in [0, 0.05) is 12.2 Å². The van der Waals surface area contributed by atoms with Gasteiger partial charge in [0.2, 0.25) is 0 Å². The summed E-state index contributed by atoms with van der Waals surface area (Å²) in [6, 6.07) is 12.8. The second kappa shape index (κ2) is 4.84. The summed E-state index contributed by atoms with van der Waals surface area (Å²) in [7, 11) is 0. The summed E-state index contributed by atoms with van der Waals surface area (Å²) in [5.74, 6) is -0.986. The van der Waals surface area contributed by atoms with Crippen molar-refractivity contribution in [2.24, 2.45) is 0 Å². The van der Waals surface area contributed by atoms with Crippen LogP contribution < -0.4 is 0 Å². The molecule has 0 saturated carbocycles. The van der Waals surface area contributed by atoms with Crippen molar-refractivity contribution in [3.8, 4) is 11.3 Å². The fourth-order valence-corrected chi connectivity index (χ4v) is 1.86. The number of aliphatic hydroxyl groups is 1. The van der Waals surface area contributed by atoms with Gasteiger partial charge in [-0.05, 0) is 17.7 Å². The second-order valence-corrected chi connectivity index (χ2v) is 3.65. The molecule has 4 heteroatoms. The van der Waals surface area contributed by atoms with Gasteiger partial charge in [-0.2, -0.15) is 0 Å². The molecule has 0 unspecified atom stereocenters. The summed E-state index contributed by atoms with van der Waals surface area (Å²) in [6.45, 7) is 0.188. The van der Waals surface area contributed by atoms with Gasteiger partial charge in [-0.25, -0.2) is 4.79 Å². The highest BCUT2D eigenvalue weighted by Gasteiger charge is 2.14. The third kappa shape index (κ3) is 2.21. The molecule has 0 fully saturated rings. The Morgan fingerprint density at radius 1 is 1.12 bits per heavy atom. The summed E-state index contributed by atoms with van der Waals surface area (Å²) < 4.78 is 1.61. The molecule has 2 N–H and O–H groups in total. The Labute approximate surface area is 98.8 Å². The first-order valence-electron chi connectivity index (χ1n) is 5.33. The van der Waals surface area contributed by atoms with E-state index in [-0.39, 0.29) is 18.8 Å². The van der Waals surface area contributed by atoms with Crippen LogP contribution in [0.5, 0.6) is 0 Å². The van der Waals surface area contributed by atoms with Crippen molar-refractivity contribution in [2.75, 3.05) is 6.61 Å². The number of aliphatic hydroxyl groups excluding tert-OH is 1. The van der Waals surface area contributed by atoms with Gasteiger partial charge in [-0.3, -0.25) is 0 Å². The maximum atomic E-state index is 11.0. The van der Waals surface area contributed by atoms with Gasteiger partial charge in [0.1, 0.15) is 5.69 Å². The topological polar surface area (TPSA) is 62.5 Å². The Kier molecular flexibility index (Phi) is 3.25. The SMILES string of the molecule is O=C(O)c1ccc(-c2ccccc2)n1CCO. The number of carbonyl (C=O) groups is 1. The van der Waals surface area contributed by atoms with E-state index in [1.807, 2.05) is 30.3 Å². The molecule has 4 nitrogen and oxygen atoms in total. The molecule has 0 radical (unpaired) electrons. The molecule has 2 aromatic rings. The Balaban J connectivity index is 2.51.